The summed E-state index contributed by atoms with van der Waals surface area (Å²) in [6.07, 6.45) is 1.69. The Bertz CT molecular complexity index is 785. The van der Waals surface area contributed by atoms with Crippen molar-refractivity contribution < 1.29 is 13.7 Å². The smallest absolute Gasteiger partial charge is 0.263 e. The van der Waals surface area contributed by atoms with Gasteiger partial charge in [0.15, 0.2) is 5.82 Å². The molecule has 21 heavy (non-hydrogen) atoms. The summed E-state index contributed by atoms with van der Waals surface area (Å²) >= 11 is 1.24. The fourth-order valence-corrected chi connectivity index (χ4v) is 2.95. The number of thiophene rings is 1. The van der Waals surface area contributed by atoms with Gasteiger partial charge in [0.25, 0.3) is 5.91 Å². The van der Waals surface area contributed by atoms with Gasteiger partial charge in [-0.25, -0.2) is 4.39 Å². The molecule has 0 saturated heterocycles. The first-order valence-corrected chi connectivity index (χ1v) is 6.98. The van der Waals surface area contributed by atoms with Gasteiger partial charge in [0.1, 0.15) is 10.7 Å². The summed E-state index contributed by atoms with van der Waals surface area (Å²) in [5.41, 5.74) is 6.22. The van der Waals surface area contributed by atoms with E-state index in [4.69, 9.17) is 5.73 Å². The second-order valence-corrected chi connectivity index (χ2v) is 5.39. The zero-order chi connectivity index (χ0) is 14.8. The second-order valence-electron chi connectivity index (χ2n) is 4.34. The fraction of sp³-hybridized carbons (Fsp3) is 0.154. The van der Waals surface area contributed by atoms with Crippen molar-refractivity contribution in [1.29, 1.82) is 0 Å². The molecule has 0 unspecified atom stereocenters. The number of rotatable bonds is 4. The quantitative estimate of drug-likeness (QED) is 0.768. The molecule has 108 valence electrons. The topological polar surface area (TPSA) is 94.0 Å². The van der Waals surface area contributed by atoms with E-state index in [1.54, 1.807) is 6.07 Å². The molecule has 2 heterocycles. The highest BCUT2D eigenvalue weighted by Gasteiger charge is 2.16. The van der Waals surface area contributed by atoms with Crippen LogP contribution in [0.3, 0.4) is 0 Å². The zero-order valence-corrected chi connectivity index (χ0v) is 11.6. The van der Waals surface area contributed by atoms with E-state index < -0.39 is 0 Å². The molecule has 0 aliphatic carbocycles. The van der Waals surface area contributed by atoms with Crippen LogP contribution >= 0.6 is 11.3 Å². The molecule has 6 nitrogen and oxygen atoms in total. The number of hydrogen-bond acceptors (Lipinski definition) is 6. The number of nitrogens with two attached hydrogens (primary N) is 1. The largest absolute Gasteiger partial charge is 0.397 e. The highest BCUT2D eigenvalue weighted by molar-refractivity contribution is 7.21. The van der Waals surface area contributed by atoms with Gasteiger partial charge in [-0.2, -0.15) is 4.98 Å². The molecule has 0 atom stereocenters. The highest BCUT2D eigenvalue weighted by atomic mass is 32.1. The van der Waals surface area contributed by atoms with Crippen LogP contribution in [0.5, 0.6) is 0 Å². The van der Waals surface area contributed by atoms with Crippen molar-refractivity contribution in [2.45, 2.75) is 6.42 Å². The van der Waals surface area contributed by atoms with Crippen molar-refractivity contribution in [2.75, 3.05) is 12.3 Å². The monoisotopic (exact) mass is 306 g/mol. The Morgan fingerprint density at radius 2 is 2.33 bits per heavy atom. The average molecular weight is 306 g/mol. The molecule has 3 rings (SSSR count). The third-order valence-corrected chi connectivity index (χ3v) is 4.12. The molecule has 8 heteroatoms. The summed E-state index contributed by atoms with van der Waals surface area (Å²) < 4.78 is 18.6. The molecule has 0 saturated carbocycles. The van der Waals surface area contributed by atoms with Crippen LogP contribution in [-0.4, -0.2) is 22.6 Å². The van der Waals surface area contributed by atoms with Gasteiger partial charge in [-0.05, 0) is 18.2 Å². The van der Waals surface area contributed by atoms with Crippen LogP contribution in [0.15, 0.2) is 29.1 Å². The van der Waals surface area contributed by atoms with Crippen LogP contribution in [0, 0.1) is 5.82 Å². The molecule has 0 fully saturated rings. The number of carbonyl (C=O) groups excluding carboxylic acids is 1. The van der Waals surface area contributed by atoms with Gasteiger partial charge >= 0.3 is 0 Å². The number of nitrogens with zero attached hydrogens (tertiary/aromatic N) is 2. The molecular formula is C13H11FN4O2S. The van der Waals surface area contributed by atoms with Crippen molar-refractivity contribution >= 4 is 33.0 Å². The van der Waals surface area contributed by atoms with E-state index >= 15 is 0 Å². The first-order valence-electron chi connectivity index (χ1n) is 6.16. The Labute approximate surface area is 122 Å². The van der Waals surface area contributed by atoms with E-state index in [9.17, 15) is 9.18 Å². The minimum absolute atomic E-state index is 0.294. The number of carbonyl (C=O) groups is 1. The summed E-state index contributed by atoms with van der Waals surface area (Å²) in [6, 6.07) is 4.29. The van der Waals surface area contributed by atoms with Crippen LogP contribution in [-0.2, 0) is 6.42 Å². The number of fused-ring (bicyclic) bond motifs is 1. The lowest BCUT2D eigenvalue weighted by molar-refractivity contribution is 0.0959. The number of halogens is 1. The minimum atomic E-state index is -0.379. The molecule has 0 aliphatic heterocycles. The maximum absolute atomic E-state index is 13.2. The number of nitrogens with one attached hydrogen (secondary N) is 1. The first-order chi connectivity index (χ1) is 10.1. The normalized spacial score (nSPS) is 10.9. The van der Waals surface area contributed by atoms with Crippen LogP contribution in [0.1, 0.15) is 15.5 Å². The lowest BCUT2D eigenvalue weighted by Crippen LogP contribution is -2.25. The Balaban J connectivity index is 1.73. The minimum Gasteiger partial charge on any atom is -0.397 e. The van der Waals surface area contributed by atoms with Crippen LogP contribution in [0.25, 0.3) is 10.1 Å². The van der Waals surface area contributed by atoms with E-state index in [0.29, 0.717) is 34.7 Å². The van der Waals surface area contributed by atoms with Crippen molar-refractivity contribution in [3.63, 3.8) is 0 Å². The van der Waals surface area contributed by atoms with Gasteiger partial charge in [0.2, 0.25) is 6.39 Å². The molecule has 3 N–H and O–H groups in total. The van der Waals surface area contributed by atoms with Crippen molar-refractivity contribution in [3.8, 4) is 0 Å². The summed E-state index contributed by atoms with van der Waals surface area (Å²) in [5, 5.41) is 6.94. The van der Waals surface area contributed by atoms with Crippen LogP contribution in [0.4, 0.5) is 10.1 Å². The average Bonchev–Trinajstić information content (AvgIpc) is 3.08. The van der Waals surface area contributed by atoms with E-state index in [1.165, 1.54) is 29.9 Å². The number of anilines is 1. The number of amides is 1. The maximum atomic E-state index is 13.2. The van der Waals surface area contributed by atoms with Crippen molar-refractivity contribution in [2.24, 2.45) is 0 Å². The second kappa shape index (κ2) is 5.49. The summed E-state index contributed by atoms with van der Waals surface area (Å²) in [4.78, 5) is 16.3. The van der Waals surface area contributed by atoms with E-state index in [0.717, 1.165) is 4.70 Å². The van der Waals surface area contributed by atoms with Gasteiger partial charge in [-0.3, -0.25) is 4.79 Å². The van der Waals surface area contributed by atoms with Crippen molar-refractivity contribution in [1.82, 2.24) is 15.5 Å². The maximum Gasteiger partial charge on any atom is 0.263 e. The predicted molar refractivity (Wildman–Crippen MR) is 76.5 cm³/mol. The van der Waals surface area contributed by atoms with E-state index in [2.05, 4.69) is 20.0 Å². The van der Waals surface area contributed by atoms with Gasteiger partial charge in [-0.15, -0.1) is 11.3 Å². The molecule has 1 aromatic carbocycles. The Kier molecular flexibility index (Phi) is 3.53. The van der Waals surface area contributed by atoms with Gasteiger partial charge in [0.05, 0.1) is 5.69 Å². The molecule has 3 aromatic rings. The Morgan fingerprint density at radius 3 is 3.10 bits per heavy atom. The number of hydrogen-bond donors (Lipinski definition) is 2. The third-order valence-electron chi connectivity index (χ3n) is 2.94. The molecule has 0 aliphatic rings. The SMILES string of the molecule is Nc1c(C(=O)NCCc2ncon2)sc2ccc(F)cc12. The highest BCUT2D eigenvalue weighted by Crippen LogP contribution is 2.33. The van der Waals surface area contributed by atoms with Crippen LogP contribution in [0.2, 0.25) is 0 Å². The predicted octanol–water partition coefficient (Wildman–Crippen LogP) is 1.98. The fourth-order valence-electron chi connectivity index (χ4n) is 1.93. The Hall–Kier alpha value is -2.48. The van der Waals surface area contributed by atoms with E-state index in [1.807, 2.05) is 0 Å². The first kappa shape index (κ1) is 13.5. The molecular weight excluding hydrogens is 295 g/mol. The third kappa shape index (κ3) is 2.70. The lowest BCUT2D eigenvalue weighted by atomic mass is 10.2. The van der Waals surface area contributed by atoms with E-state index in [-0.39, 0.29) is 11.7 Å². The van der Waals surface area contributed by atoms with Gasteiger partial charge in [-0.1, -0.05) is 5.16 Å². The van der Waals surface area contributed by atoms with Gasteiger partial charge < -0.3 is 15.6 Å². The number of aromatic nitrogens is 2. The molecule has 0 spiro atoms. The molecule has 0 bridgehead atoms. The summed E-state index contributed by atoms with van der Waals surface area (Å²) in [6.45, 7) is 0.362. The zero-order valence-electron chi connectivity index (χ0n) is 10.8. The molecule has 2 aromatic heterocycles. The molecule has 0 radical (unpaired) electrons. The summed E-state index contributed by atoms with van der Waals surface area (Å²) in [5.74, 6) is -0.157. The lowest BCUT2D eigenvalue weighted by Gasteiger charge is -2.02. The number of benzene rings is 1. The van der Waals surface area contributed by atoms with Crippen LogP contribution < -0.4 is 11.1 Å². The summed E-state index contributed by atoms with van der Waals surface area (Å²) in [7, 11) is 0. The Morgan fingerprint density at radius 1 is 1.48 bits per heavy atom. The standard InChI is InChI=1S/C13H11FN4O2S/c14-7-1-2-9-8(5-7)11(15)12(21-9)13(19)16-4-3-10-17-6-20-18-10/h1-2,5-6H,3-4,15H2,(H,16,19). The molecule has 1 amide bonds. The van der Waals surface area contributed by atoms with Gasteiger partial charge in [0, 0.05) is 23.1 Å². The van der Waals surface area contributed by atoms with Crippen molar-refractivity contribution in [3.05, 3.63) is 41.1 Å². The number of nitrogen functional groups attached to an aromatic ring is 1.